The fourth-order valence-electron chi connectivity index (χ4n) is 0.849. The van der Waals surface area contributed by atoms with Gasteiger partial charge in [0.25, 0.3) is 0 Å². The highest BCUT2D eigenvalue weighted by Gasteiger charge is 2.17. The minimum absolute atomic E-state index is 0.326. The SMILES string of the molecule is C=CC1=C(C)C=CS1(=O)=O. The molecule has 0 atom stereocenters. The first-order valence-electron chi connectivity index (χ1n) is 2.84. The maximum absolute atomic E-state index is 11.0. The van der Waals surface area contributed by atoms with Crippen molar-refractivity contribution in [2.75, 3.05) is 0 Å². The van der Waals surface area contributed by atoms with E-state index in [1.54, 1.807) is 13.0 Å². The van der Waals surface area contributed by atoms with E-state index < -0.39 is 9.84 Å². The number of hydrogen-bond donors (Lipinski definition) is 0. The number of hydrogen-bond acceptors (Lipinski definition) is 2. The highest BCUT2D eigenvalue weighted by atomic mass is 32.2. The topological polar surface area (TPSA) is 34.1 Å². The Morgan fingerprint density at radius 3 is 2.40 bits per heavy atom. The van der Waals surface area contributed by atoms with Crippen molar-refractivity contribution in [3.63, 3.8) is 0 Å². The van der Waals surface area contributed by atoms with Crippen molar-refractivity contribution < 1.29 is 8.42 Å². The molecule has 0 amide bonds. The summed E-state index contributed by atoms with van der Waals surface area (Å²) in [6.45, 7) is 5.16. The van der Waals surface area contributed by atoms with Crippen molar-refractivity contribution >= 4 is 9.84 Å². The van der Waals surface area contributed by atoms with Crippen LogP contribution in [0.3, 0.4) is 0 Å². The molecule has 0 radical (unpaired) electrons. The Kier molecular flexibility index (Phi) is 1.52. The second-order valence-corrected chi connectivity index (χ2v) is 3.90. The first-order chi connectivity index (χ1) is 4.58. The molecule has 0 aliphatic carbocycles. The molecular formula is C7H8O2S. The Hall–Kier alpha value is -0.830. The lowest BCUT2D eigenvalue weighted by Gasteiger charge is -1.92. The summed E-state index contributed by atoms with van der Waals surface area (Å²) in [6, 6.07) is 0. The lowest BCUT2D eigenvalue weighted by Crippen LogP contribution is -1.93. The molecule has 2 nitrogen and oxygen atoms in total. The Morgan fingerprint density at radius 2 is 2.20 bits per heavy atom. The maximum Gasteiger partial charge on any atom is 0.200 e. The Labute approximate surface area is 60.5 Å². The van der Waals surface area contributed by atoms with E-state index in [9.17, 15) is 8.42 Å². The number of rotatable bonds is 1. The molecule has 0 spiro atoms. The van der Waals surface area contributed by atoms with Crippen molar-refractivity contribution in [3.05, 3.63) is 34.6 Å². The van der Waals surface area contributed by atoms with Gasteiger partial charge in [0.15, 0.2) is 9.84 Å². The van der Waals surface area contributed by atoms with Gasteiger partial charge in [0.2, 0.25) is 0 Å². The third-order valence-corrected chi connectivity index (χ3v) is 2.97. The van der Waals surface area contributed by atoms with E-state index in [4.69, 9.17) is 0 Å². The fourth-order valence-corrected chi connectivity index (χ4v) is 2.13. The predicted molar refractivity (Wildman–Crippen MR) is 41.0 cm³/mol. The van der Waals surface area contributed by atoms with Gasteiger partial charge in [0.1, 0.15) is 0 Å². The van der Waals surface area contributed by atoms with Gasteiger partial charge in [-0.15, -0.1) is 0 Å². The van der Waals surface area contributed by atoms with Gasteiger partial charge in [0.05, 0.1) is 4.91 Å². The molecule has 1 rings (SSSR count). The molecular weight excluding hydrogens is 148 g/mol. The molecule has 0 bridgehead atoms. The van der Waals surface area contributed by atoms with E-state index in [1.165, 1.54) is 11.5 Å². The standard InChI is InChI=1S/C7H8O2S/c1-3-7-6(2)4-5-10(7,8)9/h3-5H,1H2,2H3. The van der Waals surface area contributed by atoms with E-state index in [0.29, 0.717) is 4.91 Å². The number of allylic oxidation sites excluding steroid dienone is 3. The van der Waals surface area contributed by atoms with Crippen LogP contribution in [-0.2, 0) is 9.84 Å². The van der Waals surface area contributed by atoms with Crippen LogP contribution in [0.5, 0.6) is 0 Å². The summed E-state index contributed by atoms with van der Waals surface area (Å²) in [6.07, 6.45) is 2.94. The monoisotopic (exact) mass is 156 g/mol. The molecule has 54 valence electrons. The normalized spacial score (nSPS) is 21.7. The Morgan fingerprint density at radius 1 is 1.60 bits per heavy atom. The zero-order valence-electron chi connectivity index (χ0n) is 5.66. The molecule has 0 aromatic carbocycles. The number of sulfone groups is 1. The molecule has 1 aliphatic rings. The zero-order valence-corrected chi connectivity index (χ0v) is 6.48. The molecule has 1 heterocycles. The summed E-state index contributed by atoms with van der Waals surface area (Å²) in [5.74, 6) is 0. The van der Waals surface area contributed by atoms with Crippen LogP contribution in [0.15, 0.2) is 34.6 Å². The Balaban J connectivity index is 3.35. The van der Waals surface area contributed by atoms with E-state index in [2.05, 4.69) is 6.58 Å². The minimum atomic E-state index is -3.11. The average molecular weight is 156 g/mol. The molecule has 1 aliphatic heterocycles. The van der Waals surface area contributed by atoms with Gasteiger partial charge >= 0.3 is 0 Å². The van der Waals surface area contributed by atoms with Crippen molar-refractivity contribution in [2.45, 2.75) is 6.92 Å². The highest BCUT2D eigenvalue weighted by molar-refractivity contribution is 7.98. The van der Waals surface area contributed by atoms with Crippen LogP contribution >= 0.6 is 0 Å². The van der Waals surface area contributed by atoms with E-state index >= 15 is 0 Å². The zero-order chi connectivity index (χ0) is 7.78. The van der Waals surface area contributed by atoms with E-state index in [0.717, 1.165) is 5.57 Å². The smallest absolute Gasteiger partial charge is 0.200 e. The summed E-state index contributed by atoms with van der Waals surface area (Å²) in [5.41, 5.74) is 0.759. The molecule has 0 saturated carbocycles. The lowest BCUT2D eigenvalue weighted by molar-refractivity contribution is 0.611. The van der Waals surface area contributed by atoms with Gasteiger partial charge in [-0.05, 0) is 18.6 Å². The molecule has 0 saturated heterocycles. The van der Waals surface area contributed by atoms with Crippen LogP contribution in [0.25, 0.3) is 0 Å². The molecule has 0 N–H and O–H groups in total. The lowest BCUT2D eigenvalue weighted by atomic mass is 10.3. The van der Waals surface area contributed by atoms with Crippen molar-refractivity contribution in [2.24, 2.45) is 0 Å². The third-order valence-electron chi connectivity index (χ3n) is 1.38. The summed E-state index contributed by atoms with van der Waals surface area (Å²) in [7, 11) is -3.11. The van der Waals surface area contributed by atoms with Gasteiger partial charge in [0, 0.05) is 5.41 Å². The molecule has 10 heavy (non-hydrogen) atoms. The average Bonchev–Trinajstić information content (AvgIpc) is 2.07. The fraction of sp³-hybridized carbons (Fsp3) is 0.143. The quantitative estimate of drug-likeness (QED) is 0.575. The van der Waals surface area contributed by atoms with Crippen molar-refractivity contribution in [1.82, 2.24) is 0 Å². The summed E-state index contributed by atoms with van der Waals surface area (Å²) in [4.78, 5) is 0.326. The van der Waals surface area contributed by atoms with Crippen LogP contribution in [-0.4, -0.2) is 8.42 Å². The maximum atomic E-state index is 11.0. The van der Waals surface area contributed by atoms with Crippen LogP contribution in [0.1, 0.15) is 6.92 Å². The predicted octanol–water partition coefficient (Wildman–Crippen LogP) is 1.39. The second kappa shape index (κ2) is 2.09. The summed E-state index contributed by atoms with van der Waals surface area (Å²) in [5, 5.41) is 1.19. The molecule has 0 fully saturated rings. The summed E-state index contributed by atoms with van der Waals surface area (Å²) < 4.78 is 22.0. The summed E-state index contributed by atoms with van der Waals surface area (Å²) >= 11 is 0. The first kappa shape index (κ1) is 7.28. The van der Waals surface area contributed by atoms with Crippen LogP contribution in [0.4, 0.5) is 0 Å². The third kappa shape index (κ3) is 0.926. The van der Waals surface area contributed by atoms with Crippen LogP contribution in [0, 0.1) is 0 Å². The van der Waals surface area contributed by atoms with E-state index in [-0.39, 0.29) is 0 Å². The van der Waals surface area contributed by atoms with Gasteiger partial charge in [-0.3, -0.25) is 0 Å². The molecule has 0 aromatic heterocycles. The molecule has 3 heteroatoms. The van der Waals surface area contributed by atoms with Gasteiger partial charge < -0.3 is 0 Å². The minimum Gasteiger partial charge on any atom is -0.219 e. The molecule has 0 aromatic rings. The van der Waals surface area contributed by atoms with E-state index in [1.807, 2.05) is 0 Å². The van der Waals surface area contributed by atoms with Crippen molar-refractivity contribution in [3.8, 4) is 0 Å². The first-order valence-corrected chi connectivity index (χ1v) is 4.39. The van der Waals surface area contributed by atoms with Gasteiger partial charge in [-0.1, -0.05) is 12.7 Å². The van der Waals surface area contributed by atoms with Crippen molar-refractivity contribution in [1.29, 1.82) is 0 Å². The second-order valence-electron chi connectivity index (χ2n) is 2.10. The Bertz CT molecular complexity index is 318. The van der Waals surface area contributed by atoms with Gasteiger partial charge in [-0.25, -0.2) is 8.42 Å². The molecule has 0 unspecified atom stereocenters. The van der Waals surface area contributed by atoms with Crippen LogP contribution < -0.4 is 0 Å². The largest absolute Gasteiger partial charge is 0.219 e. The van der Waals surface area contributed by atoms with Gasteiger partial charge in [-0.2, -0.15) is 0 Å². The highest BCUT2D eigenvalue weighted by Crippen LogP contribution is 2.22. The van der Waals surface area contributed by atoms with Crippen LogP contribution in [0.2, 0.25) is 0 Å².